The third kappa shape index (κ3) is 6.40. The summed E-state index contributed by atoms with van der Waals surface area (Å²) in [6.07, 6.45) is 10.6. The van der Waals surface area contributed by atoms with Crippen molar-refractivity contribution in [3.63, 3.8) is 0 Å². The number of pyridine rings is 1. The summed E-state index contributed by atoms with van der Waals surface area (Å²) in [5.74, 6) is 1.44. The number of aromatic nitrogens is 2. The van der Waals surface area contributed by atoms with Crippen molar-refractivity contribution in [3.05, 3.63) is 34.4 Å². The van der Waals surface area contributed by atoms with Gasteiger partial charge >= 0.3 is 0 Å². The normalized spacial score (nSPS) is 23.6. The molecule has 1 saturated heterocycles. The monoisotopic (exact) mass is 538 g/mol. The Morgan fingerprint density at radius 1 is 1.13 bits per heavy atom. The molecule has 3 aliphatic rings. The van der Waals surface area contributed by atoms with Crippen LogP contribution >= 0.6 is 11.3 Å². The molecule has 0 spiro atoms. The summed E-state index contributed by atoms with van der Waals surface area (Å²) < 4.78 is 6.08. The van der Waals surface area contributed by atoms with Gasteiger partial charge in [0.15, 0.2) is 0 Å². The molecule has 0 unspecified atom stereocenters. The predicted octanol–water partition coefficient (Wildman–Crippen LogP) is 4.29. The van der Waals surface area contributed by atoms with Gasteiger partial charge in [-0.25, -0.2) is 9.98 Å². The molecule has 0 aromatic carbocycles. The Labute approximate surface area is 228 Å². The summed E-state index contributed by atoms with van der Waals surface area (Å²) in [6, 6.07) is 2.15. The van der Waals surface area contributed by atoms with Crippen LogP contribution in [0.5, 0.6) is 5.88 Å². The number of likely N-dealkylation sites (tertiary alicyclic amines) is 1. The van der Waals surface area contributed by atoms with E-state index >= 15 is 0 Å². The lowest BCUT2D eigenvalue weighted by atomic mass is 9.73. The van der Waals surface area contributed by atoms with Crippen LogP contribution in [0.1, 0.15) is 79.9 Å². The van der Waals surface area contributed by atoms with Gasteiger partial charge in [-0.1, -0.05) is 6.42 Å². The van der Waals surface area contributed by atoms with Gasteiger partial charge in [0.2, 0.25) is 11.8 Å². The van der Waals surface area contributed by atoms with Crippen LogP contribution in [0.4, 0.5) is 5.69 Å². The number of nitrogens with one attached hydrogen (secondary N) is 2. The number of amidine groups is 1. The smallest absolute Gasteiger partial charge is 0.268 e. The first kappa shape index (κ1) is 26.7. The number of amides is 2. The fraction of sp³-hybridized carbons (Fsp3) is 0.607. The molecule has 0 bridgehead atoms. The topological polar surface area (TPSA) is 109 Å². The Morgan fingerprint density at radius 2 is 1.92 bits per heavy atom. The Balaban J connectivity index is 1.29. The van der Waals surface area contributed by atoms with E-state index in [0.29, 0.717) is 23.2 Å². The Bertz CT molecular complexity index is 1140. The number of piperidine rings is 1. The van der Waals surface area contributed by atoms with Crippen molar-refractivity contribution < 1.29 is 14.3 Å². The van der Waals surface area contributed by atoms with Crippen LogP contribution in [0.15, 0.2) is 29.0 Å². The quantitative estimate of drug-likeness (QED) is 0.519. The molecule has 2 aromatic rings. The number of aliphatic imine (C=N–C) groups is 1. The summed E-state index contributed by atoms with van der Waals surface area (Å²) in [5, 5.41) is 6.13. The van der Waals surface area contributed by atoms with E-state index in [2.05, 4.69) is 25.5 Å². The number of thiazole rings is 1. The van der Waals surface area contributed by atoms with E-state index in [1.807, 2.05) is 19.9 Å². The first-order chi connectivity index (χ1) is 18.5. The van der Waals surface area contributed by atoms with E-state index in [9.17, 15) is 9.59 Å². The SMILES string of the molecule is CC(C)NC(=O)C1CCC([C@H]2C(NC(=O)c3cncs3)=Nc3cnc(OCCN4CCCCC4)cc32)CC1. The van der Waals surface area contributed by atoms with Crippen LogP contribution in [0.2, 0.25) is 0 Å². The highest BCUT2D eigenvalue weighted by Crippen LogP contribution is 2.46. The van der Waals surface area contributed by atoms with E-state index in [1.165, 1.54) is 30.6 Å². The number of carbonyl (C=O) groups is 2. The minimum absolute atomic E-state index is 0.0350. The molecule has 1 saturated carbocycles. The highest BCUT2D eigenvalue weighted by Gasteiger charge is 2.39. The van der Waals surface area contributed by atoms with Gasteiger partial charge in [-0.15, -0.1) is 11.3 Å². The van der Waals surface area contributed by atoms with Gasteiger partial charge in [0.05, 0.1) is 23.6 Å². The lowest BCUT2D eigenvalue weighted by molar-refractivity contribution is -0.126. The molecule has 204 valence electrons. The highest BCUT2D eigenvalue weighted by molar-refractivity contribution is 7.11. The van der Waals surface area contributed by atoms with Gasteiger partial charge in [0.1, 0.15) is 17.3 Å². The van der Waals surface area contributed by atoms with Gasteiger partial charge in [-0.05, 0) is 76.9 Å². The van der Waals surface area contributed by atoms with Crippen LogP contribution in [-0.4, -0.2) is 64.8 Å². The average molecular weight is 539 g/mol. The fourth-order valence-electron chi connectivity index (χ4n) is 5.88. The molecule has 2 aromatic heterocycles. The van der Waals surface area contributed by atoms with Crippen molar-refractivity contribution in [2.45, 2.75) is 70.8 Å². The third-order valence-corrected chi connectivity index (χ3v) is 8.58. The van der Waals surface area contributed by atoms with Gasteiger partial charge in [-0.3, -0.25) is 19.5 Å². The number of nitrogens with zero attached hydrogens (tertiary/aromatic N) is 4. The minimum atomic E-state index is -0.194. The second kappa shape index (κ2) is 12.3. The van der Waals surface area contributed by atoms with E-state index < -0.39 is 0 Å². The highest BCUT2D eigenvalue weighted by atomic mass is 32.1. The Kier molecular flexibility index (Phi) is 8.68. The molecule has 10 heteroatoms. The fourth-order valence-corrected chi connectivity index (χ4v) is 6.39. The lowest BCUT2D eigenvalue weighted by Gasteiger charge is -2.33. The molecule has 0 radical (unpaired) electrons. The average Bonchev–Trinajstić information content (AvgIpc) is 3.57. The number of ether oxygens (including phenoxy) is 1. The standard InChI is InChI=1S/C28H38N6O3S/c1-18(2)31-27(35)20-8-6-19(7-9-20)25-21-14-24(37-13-12-34-10-4-3-5-11-34)30-15-22(21)32-26(25)33-28(36)23-16-29-17-38-23/h14-20,25H,3-13H2,1-2H3,(H,31,35)(H,32,33,36)/t19?,20?,25-/m1/s1. The van der Waals surface area contributed by atoms with Gasteiger partial charge in [0, 0.05) is 30.5 Å². The number of fused-ring (bicyclic) bond motifs is 1. The Morgan fingerprint density at radius 3 is 2.63 bits per heavy atom. The molecule has 38 heavy (non-hydrogen) atoms. The lowest BCUT2D eigenvalue weighted by Crippen LogP contribution is -2.40. The largest absolute Gasteiger partial charge is 0.476 e. The van der Waals surface area contributed by atoms with Crippen molar-refractivity contribution in [2.75, 3.05) is 26.2 Å². The zero-order valence-electron chi connectivity index (χ0n) is 22.3. The van der Waals surface area contributed by atoms with Gasteiger partial charge in [0.25, 0.3) is 5.91 Å². The Hall–Kier alpha value is -2.85. The maximum atomic E-state index is 12.9. The number of carbonyl (C=O) groups excluding carboxylic acids is 2. The van der Waals surface area contributed by atoms with Gasteiger partial charge in [-0.2, -0.15) is 0 Å². The molecule has 2 aliphatic heterocycles. The second-order valence-corrected chi connectivity index (χ2v) is 11.8. The first-order valence-electron chi connectivity index (χ1n) is 13.9. The van der Waals surface area contributed by atoms with Crippen molar-refractivity contribution in [3.8, 4) is 5.88 Å². The molecule has 1 atom stereocenters. The molecule has 9 nitrogen and oxygen atoms in total. The molecule has 5 rings (SSSR count). The molecule has 1 aliphatic carbocycles. The molecular formula is C28H38N6O3S. The second-order valence-electron chi connectivity index (χ2n) is 10.9. The minimum Gasteiger partial charge on any atom is -0.476 e. The van der Waals surface area contributed by atoms with Crippen LogP contribution in [0.3, 0.4) is 0 Å². The van der Waals surface area contributed by atoms with Crippen LogP contribution in [-0.2, 0) is 4.79 Å². The number of hydrogen-bond donors (Lipinski definition) is 2. The van der Waals surface area contributed by atoms with E-state index in [-0.39, 0.29) is 35.6 Å². The van der Waals surface area contributed by atoms with E-state index in [4.69, 9.17) is 9.73 Å². The number of rotatable bonds is 8. The van der Waals surface area contributed by atoms with E-state index in [1.54, 1.807) is 17.9 Å². The van der Waals surface area contributed by atoms with Crippen LogP contribution in [0, 0.1) is 11.8 Å². The van der Waals surface area contributed by atoms with Crippen LogP contribution in [0.25, 0.3) is 0 Å². The summed E-state index contributed by atoms with van der Waals surface area (Å²) >= 11 is 1.31. The summed E-state index contributed by atoms with van der Waals surface area (Å²) in [5.41, 5.74) is 3.47. The summed E-state index contributed by atoms with van der Waals surface area (Å²) in [7, 11) is 0. The molecule has 2 N–H and O–H groups in total. The zero-order valence-corrected chi connectivity index (χ0v) is 23.1. The predicted molar refractivity (Wildman–Crippen MR) is 148 cm³/mol. The van der Waals surface area contributed by atoms with Crippen molar-refractivity contribution in [1.82, 2.24) is 25.5 Å². The zero-order chi connectivity index (χ0) is 26.5. The third-order valence-electron chi connectivity index (χ3n) is 7.81. The molecule has 2 fully saturated rings. The van der Waals surface area contributed by atoms with Crippen molar-refractivity contribution in [2.24, 2.45) is 16.8 Å². The summed E-state index contributed by atoms with van der Waals surface area (Å²) in [4.78, 5) is 41.9. The molecule has 4 heterocycles. The molecular weight excluding hydrogens is 500 g/mol. The van der Waals surface area contributed by atoms with Crippen molar-refractivity contribution >= 4 is 34.7 Å². The number of hydrogen-bond acceptors (Lipinski definition) is 8. The van der Waals surface area contributed by atoms with E-state index in [0.717, 1.165) is 56.6 Å². The van der Waals surface area contributed by atoms with Crippen LogP contribution < -0.4 is 15.4 Å². The molecule has 2 amide bonds. The van der Waals surface area contributed by atoms with Crippen molar-refractivity contribution in [1.29, 1.82) is 0 Å². The van der Waals surface area contributed by atoms with Gasteiger partial charge < -0.3 is 15.4 Å². The first-order valence-corrected chi connectivity index (χ1v) is 14.8. The maximum Gasteiger partial charge on any atom is 0.268 e. The summed E-state index contributed by atoms with van der Waals surface area (Å²) in [6.45, 7) is 7.76. The maximum absolute atomic E-state index is 12.9.